The maximum atomic E-state index is 13.6. The molecule has 4 heterocycles. The van der Waals surface area contributed by atoms with Crippen molar-refractivity contribution in [2.75, 3.05) is 31.8 Å². The Labute approximate surface area is 176 Å². The van der Waals surface area contributed by atoms with Gasteiger partial charge in [0.2, 0.25) is 0 Å². The lowest BCUT2D eigenvalue weighted by molar-refractivity contribution is 0.0281. The predicted molar refractivity (Wildman–Crippen MR) is 117 cm³/mol. The van der Waals surface area contributed by atoms with E-state index < -0.39 is 0 Å². The molecule has 0 atom stereocenters. The summed E-state index contributed by atoms with van der Waals surface area (Å²) in [7, 11) is 2.05. The maximum absolute atomic E-state index is 13.6. The molecule has 0 aliphatic carbocycles. The third kappa shape index (κ3) is 3.31. The molecule has 5 rings (SSSR count). The van der Waals surface area contributed by atoms with Crippen molar-refractivity contribution in [2.24, 2.45) is 0 Å². The fraction of sp³-hybridized carbons (Fsp3) is 0.375. The Hall–Kier alpha value is -2.99. The van der Waals surface area contributed by atoms with E-state index in [9.17, 15) is 4.79 Å². The van der Waals surface area contributed by atoms with Crippen LogP contribution >= 0.6 is 0 Å². The van der Waals surface area contributed by atoms with Crippen LogP contribution in [-0.2, 0) is 11.2 Å². The molecule has 1 aromatic carbocycles. The summed E-state index contributed by atoms with van der Waals surface area (Å²) in [5.74, 6) is 0.103. The smallest absolute Gasteiger partial charge is 0.257 e. The van der Waals surface area contributed by atoms with Crippen molar-refractivity contribution in [1.29, 1.82) is 0 Å². The van der Waals surface area contributed by atoms with Gasteiger partial charge in [-0.25, -0.2) is 0 Å². The summed E-state index contributed by atoms with van der Waals surface area (Å²) in [6.07, 6.45) is 6.23. The van der Waals surface area contributed by atoms with E-state index in [4.69, 9.17) is 4.74 Å². The monoisotopic (exact) mass is 402 g/mol. The lowest BCUT2D eigenvalue weighted by atomic mass is 9.94. The van der Waals surface area contributed by atoms with Crippen molar-refractivity contribution in [1.82, 2.24) is 14.9 Å². The van der Waals surface area contributed by atoms with Crippen molar-refractivity contribution in [2.45, 2.75) is 32.2 Å². The molecular formula is C24H26N4O2. The van der Waals surface area contributed by atoms with E-state index in [2.05, 4.69) is 40.1 Å². The molecule has 3 aromatic rings. The van der Waals surface area contributed by atoms with Crippen molar-refractivity contribution < 1.29 is 9.53 Å². The number of ether oxygens (including phenoxy) is 1. The van der Waals surface area contributed by atoms with Crippen molar-refractivity contribution >= 4 is 22.5 Å². The summed E-state index contributed by atoms with van der Waals surface area (Å²) in [6.45, 7) is 4.01. The minimum Gasteiger partial charge on any atom is -0.381 e. The van der Waals surface area contributed by atoms with Gasteiger partial charge in [0, 0.05) is 49.8 Å². The number of rotatable bonds is 3. The van der Waals surface area contributed by atoms with Crippen LogP contribution in [0.5, 0.6) is 0 Å². The van der Waals surface area contributed by atoms with E-state index in [1.165, 1.54) is 0 Å². The fourth-order valence-electron chi connectivity index (χ4n) is 4.62. The Morgan fingerprint density at radius 3 is 2.77 bits per heavy atom. The summed E-state index contributed by atoms with van der Waals surface area (Å²) in [5.41, 5.74) is 5.81. The summed E-state index contributed by atoms with van der Waals surface area (Å²) >= 11 is 0. The van der Waals surface area contributed by atoms with Crippen LogP contribution < -0.4 is 4.90 Å². The molecule has 6 heteroatoms. The van der Waals surface area contributed by atoms with Crippen LogP contribution in [0, 0.1) is 6.92 Å². The minimum atomic E-state index is 0.103. The molecule has 2 aliphatic heterocycles. The summed E-state index contributed by atoms with van der Waals surface area (Å²) in [5, 5.41) is 1.09. The Kier molecular flexibility index (Phi) is 4.87. The van der Waals surface area contributed by atoms with Crippen LogP contribution in [0.3, 0.4) is 0 Å². The molecule has 6 nitrogen and oxygen atoms in total. The van der Waals surface area contributed by atoms with Crippen LogP contribution in [0.1, 0.15) is 40.0 Å². The normalized spacial score (nSPS) is 17.5. The molecule has 0 radical (unpaired) electrons. The lowest BCUT2D eigenvalue weighted by Crippen LogP contribution is -2.51. The predicted octanol–water partition coefficient (Wildman–Crippen LogP) is 3.56. The summed E-state index contributed by atoms with van der Waals surface area (Å²) in [6, 6.07) is 10.5. The number of hydrogen-bond acceptors (Lipinski definition) is 5. The number of pyridine rings is 2. The van der Waals surface area contributed by atoms with Crippen LogP contribution in [0.4, 0.5) is 5.69 Å². The first-order valence-electron chi connectivity index (χ1n) is 10.5. The van der Waals surface area contributed by atoms with Crippen LogP contribution in [0.25, 0.3) is 10.9 Å². The highest BCUT2D eigenvalue weighted by Crippen LogP contribution is 2.37. The molecule has 30 heavy (non-hydrogen) atoms. The Balaban J connectivity index is 1.60. The van der Waals surface area contributed by atoms with Gasteiger partial charge in [0.05, 0.1) is 23.4 Å². The second kappa shape index (κ2) is 7.69. The zero-order valence-electron chi connectivity index (χ0n) is 17.5. The number of aromatic nitrogens is 2. The number of fused-ring (bicyclic) bond motifs is 3. The average molecular weight is 402 g/mol. The molecule has 1 amide bonds. The first kappa shape index (κ1) is 19.0. The molecule has 0 spiro atoms. The molecular weight excluding hydrogens is 376 g/mol. The van der Waals surface area contributed by atoms with E-state index >= 15 is 0 Å². The second-order valence-corrected chi connectivity index (χ2v) is 8.27. The average Bonchev–Trinajstić information content (AvgIpc) is 2.78. The molecule has 0 saturated carbocycles. The van der Waals surface area contributed by atoms with Crippen molar-refractivity contribution in [3.05, 3.63) is 65.1 Å². The standard InChI is InChI=1S/C24H26N4O2/c1-16-5-6-17(14-26-16)12-18-13-21-23(22-20(18)4-3-9-25-22)27(2)15-28(24(21)29)19-7-10-30-11-8-19/h3-6,9,13-14,19H,7-8,10-12,15H2,1-2H3. The highest BCUT2D eigenvalue weighted by atomic mass is 16.5. The Bertz CT molecular complexity index is 1090. The number of hydrogen-bond donors (Lipinski definition) is 0. The molecule has 1 fully saturated rings. The maximum Gasteiger partial charge on any atom is 0.257 e. The van der Waals surface area contributed by atoms with Crippen LogP contribution in [0.2, 0.25) is 0 Å². The van der Waals surface area contributed by atoms with Crippen LogP contribution in [0.15, 0.2) is 42.7 Å². The summed E-state index contributed by atoms with van der Waals surface area (Å²) < 4.78 is 5.51. The van der Waals surface area contributed by atoms with Gasteiger partial charge in [-0.2, -0.15) is 0 Å². The highest BCUT2D eigenvalue weighted by Gasteiger charge is 2.35. The lowest BCUT2D eigenvalue weighted by Gasteiger charge is -2.42. The molecule has 2 aromatic heterocycles. The SMILES string of the molecule is Cc1ccc(Cc2cc3c(c4ncccc24)N(C)CN(C2CCOCC2)C3=O)cn1. The largest absolute Gasteiger partial charge is 0.381 e. The van der Waals surface area contributed by atoms with Crippen molar-refractivity contribution in [3.63, 3.8) is 0 Å². The van der Waals surface area contributed by atoms with Gasteiger partial charge in [-0.15, -0.1) is 0 Å². The molecule has 0 unspecified atom stereocenters. The summed E-state index contributed by atoms with van der Waals surface area (Å²) in [4.78, 5) is 26.9. The van der Waals surface area contributed by atoms with E-state index in [1.54, 1.807) is 0 Å². The first-order chi connectivity index (χ1) is 14.6. The molecule has 0 bridgehead atoms. The van der Waals surface area contributed by atoms with E-state index in [0.29, 0.717) is 6.67 Å². The first-order valence-corrected chi connectivity index (χ1v) is 10.5. The number of anilines is 1. The third-order valence-corrected chi connectivity index (χ3v) is 6.19. The Morgan fingerprint density at radius 1 is 1.17 bits per heavy atom. The number of carbonyl (C=O) groups excluding carboxylic acids is 1. The van der Waals surface area contributed by atoms with E-state index in [-0.39, 0.29) is 11.9 Å². The number of nitrogens with zero attached hydrogens (tertiary/aromatic N) is 4. The van der Waals surface area contributed by atoms with Crippen LogP contribution in [-0.4, -0.2) is 53.7 Å². The highest BCUT2D eigenvalue weighted by molar-refractivity contribution is 6.10. The van der Waals surface area contributed by atoms with Gasteiger partial charge in [0.25, 0.3) is 5.91 Å². The molecule has 1 saturated heterocycles. The number of benzene rings is 1. The van der Waals surface area contributed by atoms with E-state index in [1.807, 2.05) is 36.4 Å². The molecule has 0 N–H and O–H groups in total. The zero-order valence-corrected chi connectivity index (χ0v) is 17.5. The molecule has 2 aliphatic rings. The van der Waals surface area contributed by atoms with Gasteiger partial charge in [-0.05, 0) is 55.5 Å². The number of amides is 1. The van der Waals surface area contributed by atoms with Gasteiger partial charge >= 0.3 is 0 Å². The van der Waals surface area contributed by atoms with Crippen molar-refractivity contribution in [3.8, 4) is 0 Å². The quantitative estimate of drug-likeness (QED) is 0.671. The number of aryl methyl sites for hydroxylation is 1. The van der Waals surface area contributed by atoms with Gasteiger partial charge in [0.1, 0.15) is 0 Å². The molecule has 154 valence electrons. The van der Waals surface area contributed by atoms with Gasteiger partial charge in [0.15, 0.2) is 0 Å². The van der Waals surface area contributed by atoms with Gasteiger partial charge in [-0.1, -0.05) is 12.1 Å². The Morgan fingerprint density at radius 2 is 2.00 bits per heavy atom. The van der Waals surface area contributed by atoms with Gasteiger partial charge < -0.3 is 14.5 Å². The fourth-order valence-corrected chi connectivity index (χ4v) is 4.62. The number of carbonyl (C=O) groups is 1. The van der Waals surface area contributed by atoms with Gasteiger partial charge in [-0.3, -0.25) is 14.8 Å². The zero-order chi connectivity index (χ0) is 20.7. The topological polar surface area (TPSA) is 58.6 Å². The van der Waals surface area contributed by atoms with E-state index in [0.717, 1.165) is 71.5 Å². The third-order valence-electron chi connectivity index (χ3n) is 6.19. The second-order valence-electron chi connectivity index (χ2n) is 8.27. The minimum absolute atomic E-state index is 0.103.